The van der Waals surface area contributed by atoms with Gasteiger partial charge in [0.15, 0.2) is 6.10 Å². The first kappa shape index (κ1) is 67.0. The molecule has 0 amide bonds. The molecule has 16 nitrogen and oxygen atoms in total. The summed E-state index contributed by atoms with van der Waals surface area (Å²) in [7, 11) is -9.72. The summed E-state index contributed by atoms with van der Waals surface area (Å²) in [6, 6.07) is 0. The smallest absolute Gasteiger partial charge is 0.463 e. The number of carbonyl (C=O) groups is 3. The van der Waals surface area contributed by atoms with Gasteiger partial charge in [-0.15, -0.1) is 0 Å². The summed E-state index contributed by atoms with van der Waals surface area (Å²) < 4.78 is 60.2. The number of unbranched alkanes of at least 4 members (excludes halogenated alkanes) is 24. The molecule has 0 aliphatic rings. The van der Waals surface area contributed by atoms with Gasteiger partial charge in [-0.3, -0.25) is 32.5 Å². The van der Waals surface area contributed by atoms with E-state index in [9.17, 15) is 43.5 Å². The predicted molar refractivity (Wildman–Crippen MR) is 270 cm³/mol. The maximum atomic E-state index is 12.8. The first-order chi connectivity index (χ1) is 33.2. The first-order valence-corrected chi connectivity index (χ1v) is 29.6. The molecule has 18 heteroatoms. The van der Waals surface area contributed by atoms with E-state index in [4.69, 9.17) is 32.3 Å². The zero-order valence-corrected chi connectivity index (χ0v) is 44.8. The molecule has 0 radical (unpaired) electrons. The fraction of sp³-hybridized carbons (Fsp3) is 0.863. The van der Waals surface area contributed by atoms with Gasteiger partial charge >= 0.3 is 33.6 Å². The van der Waals surface area contributed by atoms with Gasteiger partial charge in [0.05, 0.1) is 26.4 Å². The Morgan fingerprint density at radius 2 is 0.696 bits per heavy atom. The van der Waals surface area contributed by atoms with Gasteiger partial charge in [0.1, 0.15) is 25.4 Å². The molecular weight excluding hydrogens is 930 g/mol. The lowest BCUT2D eigenvalue weighted by Crippen LogP contribution is -2.30. The minimum Gasteiger partial charge on any atom is -0.463 e. The third kappa shape index (κ3) is 48.1. The number of hydrogen-bond acceptors (Lipinski definition) is 14. The fourth-order valence-electron chi connectivity index (χ4n) is 6.94. The van der Waals surface area contributed by atoms with Crippen molar-refractivity contribution in [1.82, 2.24) is 0 Å². The van der Waals surface area contributed by atoms with Crippen molar-refractivity contribution in [1.29, 1.82) is 0 Å². The monoisotopic (exact) mass is 1030 g/mol. The van der Waals surface area contributed by atoms with Crippen molar-refractivity contribution >= 4 is 33.6 Å². The van der Waals surface area contributed by atoms with E-state index < -0.39 is 91.5 Å². The van der Waals surface area contributed by atoms with Gasteiger partial charge in [0.2, 0.25) is 0 Å². The number of allylic oxidation sites excluding steroid dienone is 4. The van der Waals surface area contributed by atoms with Crippen molar-refractivity contribution in [3.8, 4) is 0 Å². The Kier molecular flexibility index (Phi) is 45.7. The van der Waals surface area contributed by atoms with Gasteiger partial charge in [0, 0.05) is 19.3 Å². The molecule has 0 aromatic rings. The molecule has 0 aliphatic heterocycles. The summed E-state index contributed by atoms with van der Waals surface area (Å²) in [5.74, 6) is -1.59. The van der Waals surface area contributed by atoms with Gasteiger partial charge in [-0.2, -0.15) is 0 Å². The van der Waals surface area contributed by atoms with Crippen LogP contribution in [0.3, 0.4) is 0 Å². The minimum absolute atomic E-state index is 0.110. The van der Waals surface area contributed by atoms with Crippen LogP contribution in [0.25, 0.3) is 0 Å². The van der Waals surface area contributed by atoms with Crippen LogP contribution in [0.1, 0.15) is 226 Å². The average Bonchev–Trinajstić information content (AvgIpc) is 3.32. The van der Waals surface area contributed by atoms with Gasteiger partial charge in [-0.05, 0) is 57.8 Å². The molecule has 0 aliphatic carbocycles. The van der Waals surface area contributed by atoms with E-state index in [0.717, 1.165) is 103 Å². The standard InChI is InChI=1S/C51H96O16P2/c1-4-7-10-13-16-19-22-25-28-31-34-37-49(54)61-40-46(52)41-63-68(57,58)64-42-47(53)43-65-69(59,60)66-45-48(67-51(56)39-36-33-30-27-24-21-18-15-12-9-6-3)44-62-50(55)38-35-32-29-26-23-20-17-14-11-8-5-2/h13-14,16-17,46-48,52-53H,4-12,15,18-45H2,1-3H3,(H,57,58)(H,59,60)/b16-13-,17-14-. The Morgan fingerprint density at radius 1 is 0.391 bits per heavy atom. The van der Waals surface area contributed by atoms with E-state index >= 15 is 0 Å². The zero-order chi connectivity index (χ0) is 51.1. The van der Waals surface area contributed by atoms with Crippen LogP contribution in [-0.4, -0.2) is 95.9 Å². The molecule has 406 valence electrons. The van der Waals surface area contributed by atoms with Crippen molar-refractivity contribution in [2.75, 3.05) is 39.6 Å². The maximum absolute atomic E-state index is 12.8. The van der Waals surface area contributed by atoms with Crippen molar-refractivity contribution in [3.63, 3.8) is 0 Å². The second-order valence-corrected chi connectivity index (χ2v) is 20.9. The Hall–Kier alpha value is -1.97. The summed E-state index contributed by atoms with van der Waals surface area (Å²) in [6.45, 7) is 2.53. The Balaban J connectivity index is 4.71. The molecule has 0 fully saturated rings. The normalized spacial score (nSPS) is 14.9. The molecular formula is C51H96O16P2. The minimum atomic E-state index is -4.90. The number of phosphoric acid groups is 2. The third-order valence-corrected chi connectivity index (χ3v) is 13.1. The van der Waals surface area contributed by atoms with Crippen LogP contribution in [0.4, 0.5) is 0 Å². The van der Waals surface area contributed by atoms with Crippen LogP contribution in [0.15, 0.2) is 24.3 Å². The highest BCUT2D eigenvalue weighted by molar-refractivity contribution is 7.47. The topological polar surface area (TPSA) is 231 Å². The van der Waals surface area contributed by atoms with Crippen molar-refractivity contribution < 1.29 is 75.8 Å². The highest BCUT2D eigenvalue weighted by Gasteiger charge is 2.29. The highest BCUT2D eigenvalue weighted by Crippen LogP contribution is 2.45. The van der Waals surface area contributed by atoms with Crippen LogP contribution in [0, 0.1) is 0 Å². The lowest BCUT2D eigenvalue weighted by molar-refractivity contribution is -0.161. The van der Waals surface area contributed by atoms with Gasteiger partial charge in [-0.1, -0.05) is 173 Å². The van der Waals surface area contributed by atoms with E-state index in [1.807, 2.05) is 0 Å². The molecule has 0 bridgehead atoms. The van der Waals surface area contributed by atoms with Crippen molar-refractivity contribution in [2.45, 2.75) is 245 Å². The molecule has 0 saturated heterocycles. The second kappa shape index (κ2) is 47.1. The van der Waals surface area contributed by atoms with Crippen molar-refractivity contribution in [3.05, 3.63) is 24.3 Å². The molecule has 5 unspecified atom stereocenters. The molecule has 0 saturated carbocycles. The lowest BCUT2D eigenvalue weighted by Gasteiger charge is -2.21. The molecule has 0 aromatic carbocycles. The highest BCUT2D eigenvalue weighted by atomic mass is 31.2. The summed E-state index contributed by atoms with van der Waals surface area (Å²) in [5.41, 5.74) is 0. The third-order valence-electron chi connectivity index (χ3n) is 11.1. The summed E-state index contributed by atoms with van der Waals surface area (Å²) >= 11 is 0. The van der Waals surface area contributed by atoms with E-state index in [1.54, 1.807) is 0 Å². The maximum Gasteiger partial charge on any atom is 0.472 e. The number of hydrogen-bond donors (Lipinski definition) is 4. The van der Waals surface area contributed by atoms with E-state index in [0.29, 0.717) is 19.3 Å². The lowest BCUT2D eigenvalue weighted by atomic mass is 10.1. The van der Waals surface area contributed by atoms with Crippen LogP contribution in [0.2, 0.25) is 0 Å². The predicted octanol–water partition coefficient (Wildman–Crippen LogP) is 12.6. The number of phosphoric ester groups is 2. The van der Waals surface area contributed by atoms with Crippen LogP contribution >= 0.6 is 15.6 Å². The average molecular weight is 1030 g/mol. The number of aliphatic hydroxyl groups is 2. The summed E-state index contributed by atoms with van der Waals surface area (Å²) in [6.07, 6.45) is 35.7. The van der Waals surface area contributed by atoms with Gasteiger partial charge < -0.3 is 34.2 Å². The van der Waals surface area contributed by atoms with Crippen LogP contribution < -0.4 is 0 Å². The fourth-order valence-corrected chi connectivity index (χ4v) is 8.53. The number of carbonyl (C=O) groups excluding carboxylic acids is 3. The molecule has 0 spiro atoms. The second-order valence-electron chi connectivity index (χ2n) is 18.0. The Bertz CT molecular complexity index is 1400. The summed E-state index contributed by atoms with van der Waals surface area (Å²) in [4.78, 5) is 57.7. The molecule has 0 heterocycles. The van der Waals surface area contributed by atoms with E-state index in [1.165, 1.54) is 64.2 Å². The number of aliphatic hydroxyl groups excluding tert-OH is 2. The zero-order valence-electron chi connectivity index (χ0n) is 43.0. The van der Waals surface area contributed by atoms with E-state index in [2.05, 4.69) is 45.1 Å². The van der Waals surface area contributed by atoms with Crippen molar-refractivity contribution in [2.24, 2.45) is 0 Å². The number of rotatable bonds is 51. The largest absolute Gasteiger partial charge is 0.472 e. The quantitative estimate of drug-likeness (QED) is 0.0146. The molecule has 69 heavy (non-hydrogen) atoms. The SMILES string of the molecule is CCCC/C=C\CCCCCCCC(=O)OCC(O)COP(=O)(O)OCC(O)COP(=O)(O)OCC(COC(=O)CCCCCCC/C=C\CCCC)OC(=O)CCCCCCCCCCCCC. The molecule has 0 aromatic heterocycles. The Morgan fingerprint density at radius 3 is 1.10 bits per heavy atom. The first-order valence-electron chi connectivity index (χ1n) is 26.6. The molecule has 4 N–H and O–H groups in total. The van der Waals surface area contributed by atoms with Gasteiger partial charge in [-0.25, -0.2) is 9.13 Å². The molecule has 0 rings (SSSR count). The summed E-state index contributed by atoms with van der Waals surface area (Å²) in [5, 5.41) is 20.3. The van der Waals surface area contributed by atoms with E-state index in [-0.39, 0.29) is 19.3 Å². The van der Waals surface area contributed by atoms with Crippen LogP contribution in [-0.2, 0) is 55.8 Å². The van der Waals surface area contributed by atoms with Gasteiger partial charge in [0.25, 0.3) is 0 Å². The van der Waals surface area contributed by atoms with Crippen LogP contribution in [0.5, 0.6) is 0 Å². The molecule has 5 atom stereocenters. The number of ether oxygens (including phenoxy) is 3. The number of esters is 3. The Labute approximate surface area is 416 Å².